The summed E-state index contributed by atoms with van der Waals surface area (Å²) in [5.74, 6) is 1.47. The van der Waals surface area contributed by atoms with Crippen LogP contribution in [0.3, 0.4) is 0 Å². The number of carbonyl (C=O) groups excluding carboxylic acids is 1. The minimum atomic E-state index is -3.08. The molecule has 0 unspecified atom stereocenters. The SMILES string of the molecule is CC(C)NC(=O)O[C@@H]1CC[C@H](c2cc(Nc3ccc4c(n3)CS(=O)(=O)C4)n[nH]2)C1. The van der Waals surface area contributed by atoms with Crippen LogP contribution in [0.1, 0.15) is 56.0 Å². The van der Waals surface area contributed by atoms with E-state index >= 15 is 0 Å². The molecule has 0 aromatic carbocycles. The molecule has 2 aliphatic rings. The zero-order valence-electron chi connectivity index (χ0n) is 16.4. The van der Waals surface area contributed by atoms with E-state index in [1.54, 1.807) is 12.1 Å². The second kappa shape index (κ2) is 7.66. The number of aromatic nitrogens is 3. The fraction of sp³-hybridized carbons (Fsp3) is 0.526. The molecule has 1 amide bonds. The molecule has 1 fully saturated rings. The lowest BCUT2D eigenvalue weighted by Gasteiger charge is -2.14. The second-order valence-electron chi connectivity index (χ2n) is 8.00. The number of ether oxygens (including phenoxy) is 1. The quantitative estimate of drug-likeness (QED) is 0.680. The molecule has 3 N–H and O–H groups in total. The summed E-state index contributed by atoms with van der Waals surface area (Å²) in [6, 6.07) is 5.53. The molecule has 4 rings (SSSR count). The third-order valence-corrected chi connectivity index (χ3v) is 6.62. The molecule has 1 aliphatic carbocycles. The molecule has 2 atom stereocenters. The van der Waals surface area contributed by atoms with Crippen molar-refractivity contribution in [2.75, 3.05) is 5.32 Å². The summed E-state index contributed by atoms with van der Waals surface area (Å²) in [4.78, 5) is 16.2. The number of fused-ring (bicyclic) bond motifs is 1. The zero-order valence-corrected chi connectivity index (χ0v) is 17.3. The van der Waals surface area contributed by atoms with Gasteiger partial charge in [-0.1, -0.05) is 6.07 Å². The molecule has 0 spiro atoms. The fourth-order valence-electron chi connectivity index (χ4n) is 3.84. The van der Waals surface area contributed by atoms with Gasteiger partial charge in [-0.05, 0) is 44.7 Å². The van der Waals surface area contributed by atoms with E-state index in [0.29, 0.717) is 17.3 Å². The van der Waals surface area contributed by atoms with Crippen molar-refractivity contribution in [3.63, 3.8) is 0 Å². The van der Waals surface area contributed by atoms with Gasteiger partial charge in [-0.3, -0.25) is 5.10 Å². The van der Waals surface area contributed by atoms with E-state index in [9.17, 15) is 13.2 Å². The summed E-state index contributed by atoms with van der Waals surface area (Å²) in [6.45, 7) is 3.79. The highest BCUT2D eigenvalue weighted by atomic mass is 32.2. The molecular weight excluding hydrogens is 394 g/mol. The number of anilines is 2. The summed E-state index contributed by atoms with van der Waals surface area (Å²) in [5.41, 5.74) is 2.34. The maximum atomic E-state index is 11.8. The van der Waals surface area contributed by atoms with Crippen molar-refractivity contribution in [2.45, 2.75) is 62.7 Å². The van der Waals surface area contributed by atoms with Gasteiger partial charge in [0.15, 0.2) is 15.7 Å². The number of rotatable bonds is 5. The fourth-order valence-corrected chi connectivity index (χ4v) is 5.35. The Morgan fingerprint density at radius 2 is 2.07 bits per heavy atom. The number of sulfone groups is 1. The molecule has 10 heteroatoms. The van der Waals surface area contributed by atoms with Crippen molar-refractivity contribution in [1.82, 2.24) is 20.5 Å². The van der Waals surface area contributed by atoms with Crippen molar-refractivity contribution in [3.8, 4) is 0 Å². The first-order chi connectivity index (χ1) is 13.8. The number of hydrogen-bond acceptors (Lipinski definition) is 7. The van der Waals surface area contributed by atoms with Crippen LogP contribution >= 0.6 is 0 Å². The van der Waals surface area contributed by atoms with Gasteiger partial charge in [0, 0.05) is 23.7 Å². The van der Waals surface area contributed by atoms with E-state index in [1.165, 1.54) is 0 Å². The molecule has 1 saturated carbocycles. The molecular formula is C19H25N5O4S. The highest BCUT2D eigenvalue weighted by Crippen LogP contribution is 2.36. The van der Waals surface area contributed by atoms with Crippen molar-refractivity contribution in [3.05, 3.63) is 35.2 Å². The number of alkyl carbamates (subject to hydrolysis) is 1. The molecule has 0 radical (unpaired) electrons. The van der Waals surface area contributed by atoms with Crippen molar-refractivity contribution < 1.29 is 17.9 Å². The summed E-state index contributed by atoms with van der Waals surface area (Å²) in [7, 11) is -3.08. The number of amides is 1. The van der Waals surface area contributed by atoms with E-state index in [-0.39, 0.29) is 35.7 Å². The molecule has 0 saturated heterocycles. The average Bonchev–Trinajstić information content (AvgIpc) is 3.31. The average molecular weight is 420 g/mol. The Kier molecular flexibility index (Phi) is 5.20. The van der Waals surface area contributed by atoms with Crippen LogP contribution in [0.4, 0.5) is 16.4 Å². The Balaban J connectivity index is 1.36. The molecule has 3 heterocycles. The minimum Gasteiger partial charge on any atom is -0.446 e. The number of H-pyrrole nitrogens is 1. The smallest absolute Gasteiger partial charge is 0.407 e. The predicted octanol–water partition coefficient (Wildman–Crippen LogP) is 2.75. The molecule has 1 aliphatic heterocycles. The van der Waals surface area contributed by atoms with Crippen molar-refractivity contribution in [2.24, 2.45) is 0 Å². The van der Waals surface area contributed by atoms with Gasteiger partial charge in [0.1, 0.15) is 11.9 Å². The first-order valence-electron chi connectivity index (χ1n) is 9.76. The van der Waals surface area contributed by atoms with Gasteiger partial charge in [0.2, 0.25) is 0 Å². The second-order valence-corrected chi connectivity index (χ2v) is 10.1. The van der Waals surface area contributed by atoms with E-state index in [1.807, 2.05) is 19.9 Å². The topological polar surface area (TPSA) is 126 Å². The summed E-state index contributed by atoms with van der Waals surface area (Å²) in [6.07, 6.45) is 2.01. The van der Waals surface area contributed by atoms with Gasteiger partial charge in [-0.15, -0.1) is 0 Å². The van der Waals surface area contributed by atoms with Crippen molar-refractivity contribution in [1.29, 1.82) is 0 Å². The van der Waals surface area contributed by atoms with Crippen molar-refractivity contribution >= 4 is 27.6 Å². The maximum absolute atomic E-state index is 11.8. The van der Waals surface area contributed by atoms with Crippen LogP contribution in [0, 0.1) is 0 Å². The number of carbonyl (C=O) groups is 1. The first kappa shape index (κ1) is 19.7. The molecule has 2 aromatic rings. The third kappa shape index (κ3) is 4.69. The van der Waals surface area contributed by atoms with Crippen LogP contribution in [0.2, 0.25) is 0 Å². The van der Waals surface area contributed by atoms with Crippen LogP contribution in [-0.2, 0) is 26.1 Å². The number of pyridine rings is 1. The standard InChI is InChI=1S/C19H25N5O4S/c1-11(2)20-19(25)28-14-5-3-12(7-14)15-8-18(24-23-15)22-17-6-4-13-9-29(26,27)10-16(13)21-17/h4,6,8,11-12,14H,3,5,7,9-10H2,1-2H3,(H,20,25)(H2,21,22,23,24)/t12-,14+/m0/s1. The van der Waals surface area contributed by atoms with Crippen LogP contribution < -0.4 is 10.6 Å². The van der Waals surface area contributed by atoms with Gasteiger partial charge < -0.3 is 15.4 Å². The zero-order chi connectivity index (χ0) is 20.6. The third-order valence-electron chi connectivity index (χ3n) is 5.16. The monoisotopic (exact) mass is 419 g/mol. The van der Waals surface area contributed by atoms with E-state index < -0.39 is 9.84 Å². The van der Waals surface area contributed by atoms with Gasteiger partial charge >= 0.3 is 6.09 Å². The minimum absolute atomic E-state index is 0.0164. The Bertz CT molecular complexity index is 1020. The van der Waals surface area contributed by atoms with E-state index in [2.05, 4.69) is 25.8 Å². The van der Waals surface area contributed by atoms with Crippen LogP contribution in [0.5, 0.6) is 0 Å². The van der Waals surface area contributed by atoms with Gasteiger partial charge in [0.25, 0.3) is 0 Å². The molecule has 0 bridgehead atoms. The number of aromatic amines is 1. The Hall–Kier alpha value is -2.62. The highest BCUT2D eigenvalue weighted by Gasteiger charge is 2.30. The predicted molar refractivity (Wildman–Crippen MR) is 108 cm³/mol. The molecule has 156 valence electrons. The van der Waals surface area contributed by atoms with Gasteiger partial charge in [-0.25, -0.2) is 18.2 Å². The maximum Gasteiger partial charge on any atom is 0.407 e. The lowest BCUT2D eigenvalue weighted by atomic mass is 10.0. The lowest BCUT2D eigenvalue weighted by Crippen LogP contribution is -2.33. The Labute approximate surface area is 169 Å². The summed E-state index contributed by atoms with van der Waals surface area (Å²) in [5, 5.41) is 13.2. The van der Waals surface area contributed by atoms with Crippen LogP contribution in [-0.4, -0.2) is 41.8 Å². The molecule has 9 nitrogen and oxygen atoms in total. The largest absolute Gasteiger partial charge is 0.446 e. The molecule has 29 heavy (non-hydrogen) atoms. The number of hydrogen-bond donors (Lipinski definition) is 3. The van der Waals surface area contributed by atoms with Crippen LogP contribution in [0.25, 0.3) is 0 Å². The number of nitrogens with zero attached hydrogens (tertiary/aromatic N) is 2. The van der Waals surface area contributed by atoms with Gasteiger partial charge in [-0.2, -0.15) is 5.10 Å². The van der Waals surface area contributed by atoms with Gasteiger partial charge in [0.05, 0.1) is 17.2 Å². The van der Waals surface area contributed by atoms with E-state index in [4.69, 9.17) is 4.74 Å². The normalized spacial score (nSPS) is 22.4. The summed E-state index contributed by atoms with van der Waals surface area (Å²) < 4.78 is 29.0. The highest BCUT2D eigenvalue weighted by molar-refractivity contribution is 7.90. The summed E-state index contributed by atoms with van der Waals surface area (Å²) >= 11 is 0. The number of nitrogens with one attached hydrogen (secondary N) is 3. The Morgan fingerprint density at radius 3 is 2.86 bits per heavy atom. The Morgan fingerprint density at radius 1 is 1.24 bits per heavy atom. The lowest BCUT2D eigenvalue weighted by molar-refractivity contribution is 0.0981. The van der Waals surface area contributed by atoms with E-state index in [0.717, 1.165) is 30.5 Å². The first-order valence-corrected chi connectivity index (χ1v) is 11.6. The van der Waals surface area contributed by atoms with Crippen LogP contribution in [0.15, 0.2) is 18.2 Å². The molecule has 2 aromatic heterocycles.